The summed E-state index contributed by atoms with van der Waals surface area (Å²) in [4.78, 5) is 0. The maximum Gasteiger partial charge on any atom is 0.142 e. The van der Waals surface area contributed by atoms with Gasteiger partial charge in [0.05, 0.1) is 23.2 Å². The van der Waals surface area contributed by atoms with Crippen LogP contribution < -0.4 is 0 Å². The van der Waals surface area contributed by atoms with Crippen molar-refractivity contribution in [3.8, 4) is 5.69 Å². The van der Waals surface area contributed by atoms with Gasteiger partial charge >= 0.3 is 0 Å². The number of rotatable bonds is 3. The number of hydrogen-bond donors (Lipinski definition) is 0. The fourth-order valence-electron chi connectivity index (χ4n) is 4.65. The molecule has 2 fully saturated rings. The molecular weight excluding hydrogens is 363 g/mol. The van der Waals surface area contributed by atoms with Gasteiger partial charge in [-0.05, 0) is 61.8 Å². The van der Waals surface area contributed by atoms with E-state index < -0.39 is 0 Å². The molecule has 2 aromatic rings. The lowest BCUT2D eigenvalue weighted by Crippen LogP contribution is -2.32. The molecule has 0 saturated heterocycles. The molecule has 2 aliphatic carbocycles. The lowest BCUT2D eigenvalue weighted by molar-refractivity contribution is 0.194. The Morgan fingerprint density at radius 3 is 2.56 bits per heavy atom. The predicted octanol–water partition coefficient (Wildman–Crippen LogP) is 5.59. The van der Waals surface area contributed by atoms with Gasteiger partial charge in [0.2, 0.25) is 0 Å². The van der Waals surface area contributed by atoms with Crippen LogP contribution in [0.3, 0.4) is 0 Å². The molecule has 142 valence electrons. The van der Waals surface area contributed by atoms with Crippen molar-refractivity contribution in [2.75, 3.05) is 0 Å². The fraction of sp³-hybridized carbons (Fsp3) is 0.476. The second-order valence-corrected chi connectivity index (χ2v) is 8.82. The summed E-state index contributed by atoms with van der Waals surface area (Å²) >= 11 is 6.50. The van der Waals surface area contributed by atoms with Gasteiger partial charge < -0.3 is 0 Å². The van der Waals surface area contributed by atoms with Crippen LogP contribution in [0.4, 0.5) is 4.39 Å². The zero-order valence-electron chi connectivity index (χ0n) is 16.1. The predicted molar refractivity (Wildman–Crippen MR) is 108 cm³/mol. The highest BCUT2D eigenvalue weighted by Gasteiger charge is 2.59. The summed E-state index contributed by atoms with van der Waals surface area (Å²) in [6.07, 6.45) is 5.17. The van der Waals surface area contributed by atoms with Crippen LogP contribution >= 0.6 is 11.6 Å². The molecule has 0 aliphatic heterocycles. The van der Waals surface area contributed by atoms with Crippen molar-refractivity contribution in [1.82, 2.24) is 9.78 Å². The Bertz CT molecular complexity index is 942. The van der Waals surface area contributed by atoms with E-state index in [1.165, 1.54) is 30.7 Å². The Morgan fingerprint density at radius 1 is 1.26 bits per heavy atom. The van der Waals surface area contributed by atoms with Crippen LogP contribution in [0.2, 0.25) is 5.15 Å². The van der Waals surface area contributed by atoms with Gasteiger partial charge in [-0.25, -0.2) is 9.07 Å². The van der Waals surface area contributed by atoms with Crippen molar-refractivity contribution in [2.45, 2.75) is 47.0 Å². The monoisotopic (exact) mass is 386 g/mol. The molecule has 4 nitrogen and oxygen atoms in total. The van der Waals surface area contributed by atoms with E-state index in [1.807, 2.05) is 6.92 Å². The first kappa shape index (κ1) is 18.4. The zero-order chi connectivity index (χ0) is 19.4. The molecule has 2 saturated carbocycles. The highest BCUT2D eigenvalue weighted by molar-refractivity contribution is 6.32. The molecule has 0 amide bonds. The van der Waals surface area contributed by atoms with E-state index in [9.17, 15) is 4.39 Å². The van der Waals surface area contributed by atoms with Gasteiger partial charge in [0, 0.05) is 11.1 Å². The van der Waals surface area contributed by atoms with E-state index in [0.29, 0.717) is 16.8 Å². The Labute approximate surface area is 164 Å². The van der Waals surface area contributed by atoms with Crippen LogP contribution in [0.1, 0.15) is 51.3 Å². The third-order valence-corrected chi connectivity index (χ3v) is 7.36. The third kappa shape index (κ3) is 2.75. The SMILES string of the molecule is Cc1nn(-c2ccc(F)cc2)c(Cl)c1/C=N\N=C1\C[C@@H]2CC[C@]1(C)C2(C)C. The number of benzene rings is 1. The van der Waals surface area contributed by atoms with Crippen LogP contribution in [0.25, 0.3) is 5.69 Å². The zero-order valence-corrected chi connectivity index (χ0v) is 16.9. The molecule has 2 bridgehead atoms. The van der Waals surface area contributed by atoms with Crippen molar-refractivity contribution in [3.63, 3.8) is 0 Å². The van der Waals surface area contributed by atoms with Crippen molar-refractivity contribution >= 4 is 23.5 Å². The maximum absolute atomic E-state index is 13.2. The Kier molecular flexibility index (Phi) is 4.26. The molecule has 2 atom stereocenters. The number of halogens is 2. The molecule has 27 heavy (non-hydrogen) atoms. The first-order valence-electron chi connectivity index (χ1n) is 9.35. The Morgan fingerprint density at radius 2 is 1.96 bits per heavy atom. The van der Waals surface area contributed by atoms with Crippen molar-refractivity contribution in [1.29, 1.82) is 0 Å². The Balaban J connectivity index is 1.62. The summed E-state index contributed by atoms with van der Waals surface area (Å²) in [5.41, 5.74) is 3.80. The van der Waals surface area contributed by atoms with E-state index >= 15 is 0 Å². The van der Waals surface area contributed by atoms with Gasteiger partial charge in [0.15, 0.2) is 0 Å². The molecule has 1 aromatic heterocycles. The maximum atomic E-state index is 13.2. The first-order valence-corrected chi connectivity index (χ1v) is 9.73. The highest BCUT2D eigenvalue weighted by atomic mass is 35.5. The lowest BCUT2D eigenvalue weighted by atomic mass is 9.70. The van der Waals surface area contributed by atoms with E-state index in [-0.39, 0.29) is 16.6 Å². The topological polar surface area (TPSA) is 42.5 Å². The normalized spacial score (nSPS) is 27.9. The van der Waals surface area contributed by atoms with Crippen LogP contribution in [-0.4, -0.2) is 21.7 Å². The molecule has 0 spiro atoms. The summed E-state index contributed by atoms with van der Waals surface area (Å²) in [5.74, 6) is 0.404. The van der Waals surface area contributed by atoms with Crippen LogP contribution in [-0.2, 0) is 0 Å². The van der Waals surface area contributed by atoms with Crippen LogP contribution in [0.15, 0.2) is 34.5 Å². The molecule has 0 N–H and O–H groups in total. The van der Waals surface area contributed by atoms with E-state index in [2.05, 4.69) is 36.1 Å². The second kappa shape index (κ2) is 6.26. The quantitative estimate of drug-likeness (QED) is 0.500. The molecule has 2 aliphatic rings. The van der Waals surface area contributed by atoms with Crippen molar-refractivity contribution < 1.29 is 4.39 Å². The number of hydrogen-bond acceptors (Lipinski definition) is 3. The van der Waals surface area contributed by atoms with Gasteiger partial charge in [-0.1, -0.05) is 32.4 Å². The van der Waals surface area contributed by atoms with Gasteiger partial charge in [-0.3, -0.25) is 0 Å². The molecule has 1 aromatic carbocycles. The molecule has 6 heteroatoms. The first-order chi connectivity index (χ1) is 12.7. The van der Waals surface area contributed by atoms with Crippen molar-refractivity contribution in [2.24, 2.45) is 27.0 Å². The molecule has 4 rings (SSSR count). The van der Waals surface area contributed by atoms with Gasteiger partial charge in [-0.15, -0.1) is 0 Å². The highest BCUT2D eigenvalue weighted by Crippen LogP contribution is 2.64. The fourth-order valence-corrected chi connectivity index (χ4v) is 4.97. The molecular formula is C21H24ClFN4. The second-order valence-electron chi connectivity index (χ2n) is 8.46. The average Bonchev–Trinajstić information content (AvgIpc) is 3.10. The standard InChI is InChI=1S/C21H24ClFN4/c1-13-17(19(22)27(26-13)16-7-5-15(23)6-8-16)12-24-25-18-11-14-9-10-21(18,4)20(14,2)3/h5-8,12,14H,9-11H2,1-4H3/b24-12-,25-18-/t14-,21-/m0/s1. The largest absolute Gasteiger partial charge is 0.221 e. The Hall–Kier alpha value is -2.01. The number of aryl methyl sites for hydroxylation is 1. The summed E-state index contributed by atoms with van der Waals surface area (Å²) in [6.45, 7) is 8.90. The average molecular weight is 387 g/mol. The number of aromatic nitrogens is 2. The van der Waals surface area contributed by atoms with Gasteiger partial charge in [-0.2, -0.15) is 15.3 Å². The van der Waals surface area contributed by atoms with Gasteiger partial charge in [0.1, 0.15) is 11.0 Å². The summed E-state index contributed by atoms with van der Waals surface area (Å²) in [5, 5.41) is 13.9. The molecule has 0 radical (unpaired) electrons. The molecule has 0 unspecified atom stereocenters. The van der Waals surface area contributed by atoms with Crippen LogP contribution in [0, 0.1) is 29.5 Å². The summed E-state index contributed by atoms with van der Waals surface area (Å²) < 4.78 is 14.7. The number of nitrogens with zero attached hydrogens (tertiary/aromatic N) is 4. The van der Waals surface area contributed by atoms with Crippen LogP contribution in [0.5, 0.6) is 0 Å². The minimum Gasteiger partial charge on any atom is -0.221 e. The smallest absolute Gasteiger partial charge is 0.142 e. The lowest BCUT2D eigenvalue weighted by Gasteiger charge is -2.34. The van der Waals surface area contributed by atoms with E-state index in [0.717, 1.165) is 17.7 Å². The number of fused-ring (bicyclic) bond motifs is 2. The summed E-state index contributed by atoms with van der Waals surface area (Å²) in [6, 6.07) is 6.07. The van der Waals surface area contributed by atoms with E-state index in [1.54, 1.807) is 23.0 Å². The summed E-state index contributed by atoms with van der Waals surface area (Å²) in [7, 11) is 0. The third-order valence-electron chi connectivity index (χ3n) is 7.00. The minimum atomic E-state index is -0.293. The molecule has 1 heterocycles. The van der Waals surface area contributed by atoms with E-state index in [4.69, 9.17) is 11.6 Å². The minimum absolute atomic E-state index is 0.131. The van der Waals surface area contributed by atoms with Crippen molar-refractivity contribution in [3.05, 3.63) is 46.5 Å². The van der Waals surface area contributed by atoms with Gasteiger partial charge in [0.25, 0.3) is 0 Å².